The molecule has 0 radical (unpaired) electrons. The van der Waals surface area contributed by atoms with Gasteiger partial charge in [0.05, 0.1) is 11.1 Å². The van der Waals surface area contributed by atoms with Crippen molar-refractivity contribution in [1.82, 2.24) is 4.98 Å². The maximum absolute atomic E-state index is 13.1. The lowest BCUT2D eigenvalue weighted by Gasteiger charge is -2.12. The average molecular weight is 360 g/mol. The van der Waals surface area contributed by atoms with E-state index in [1.807, 2.05) is 26.0 Å². The third-order valence-corrected chi connectivity index (χ3v) is 4.09. The van der Waals surface area contributed by atoms with Crippen molar-refractivity contribution in [3.8, 4) is 0 Å². The van der Waals surface area contributed by atoms with Crippen molar-refractivity contribution in [1.29, 1.82) is 0 Å². The van der Waals surface area contributed by atoms with Crippen LogP contribution in [0.15, 0.2) is 47.4 Å². The van der Waals surface area contributed by atoms with Crippen molar-refractivity contribution in [2.24, 2.45) is 0 Å². The number of benzene rings is 2. The molecule has 0 aliphatic rings. The Balaban J connectivity index is 2.05. The van der Waals surface area contributed by atoms with Gasteiger partial charge in [-0.1, -0.05) is 23.8 Å². The summed E-state index contributed by atoms with van der Waals surface area (Å²) >= 11 is 0. The molecule has 26 heavy (non-hydrogen) atoms. The van der Waals surface area contributed by atoms with Gasteiger partial charge in [-0.2, -0.15) is 13.2 Å². The van der Waals surface area contributed by atoms with Crippen molar-refractivity contribution < 1.29 is 18.0 Å². The average Bonchev–Trinajstić information content (AvgIpc) is 2.56. The van der Waals surface area contributed by atoms with E-state index in [4.69, 9.17) is 0 Å². The molecule has 0 unspecified atom stereocenters. The number of para-hydroxylation sites is 1. The monoisotopic (exact) mass is 360 g/mol. The number of H-pyrrole nitrogens is 1. The Bertz CT molecular complexity index is 1070. The second kappa shape index (κ2) is 6.33. The fourth-order valence-electron chi connectivity index (χ4n) is 2.80. The molecule has 2 N–H and O–H groups in total. The van der Waals surface area contributed by atoms with Gasteiger partial charge in [0.25, 0.3) is 5.91 Å². The minimum Gasteiger partial charge on any atom is -0.360 e. The van der Waals surface area contributed by atoms with E-state index in [1.165, 1.54) is 6.07 Å². The van der Waals surface area contributed by atoms with Crippen LogP contribution in [0.5, 0.6) is 0 Å². The summed E-state index contributed by atoms with van der Waals surface area (Å²) < 4.78 is 39.2. The van der Waals surface area contributed by atoms with Crippen molar-refractivity contribution in [3.05, 3.63) is 75.1 Å². The van der Waals surface area contributed by atoms with Crippen LogP contribution < -0.4 is 10.7 Å². The second-order valence-corrected chi connectivity index (χ2v) is 6.03. The first kappa shape index (κ1) is 17.7. The maximum atomic E-state index is 13.1. The number of aromatic amines is 1. The highest BCUT2D eigenvalue weighted by Crippen LogP contribution is 2.33. The number of halogens is 3. The van der Waals surface area contributed by atoms with Crippen LogP contribution in [0, 0.1) is 13.8 Å². The van der Waals surface area contributed by atoms with Gasteiger partial charge in [-0.15, -0.1) is 0 Å². The number of fused-ring (bicyclic) bond motifs is 1. The number of pyridine rings is 1. The topological polar surface area (TPSA) is 62.0 Å². The van der Waals surface area contributed by atoms with Crippen LogP contribution in [0.2, 0.25) is 0 Å². The number of anilines is 1. The molecule has 0 fully saturated rings. The van der Waals surface area contributed by atoms with Crippen LogP contribution in [-0.2, 0) is 6.18 Å². The lowest BCUT2D eigenvalue weighted by atomic mass is 10.1. The standard InChI is InChI=1S/C19H15F3N2O2/c1-10-6-7-15(11(2)8-10)24-18(26)13-9-23-16-12(17(13)25)4-3-5-14(16)19(20,21)22/h3-9H,1-2H3,(H,23,25)(H,24,26). The predicted octanol–water partition coefficient (Wildman–Crippen LogP) is 4.42. The summed E-state index contributed by atoms with van der Waals surface area (Å²) in [6.07, 6.45) is -3.59. The van der Waals surface area contributed by atoms with Gasteiger partial charge in [-0.3, -0.25) is 9.59 Å². The van der Waals surface area contributed by atoms with Gasteiger partial charge in [-0.25, -0.2) is 0 Å². The van der Waals surface area contributed by atoms with E-state index < -0.39 is 23.1 Å². The molecular formula is C19H15F3N2O2. The third-order valence-electron chi connectivity index (χ3n) is 4.09. The van der Waals surface area contributed by atoms with E-state index in [9.17, 15) is 22.8 Å². The van der Waals surface area contributed by atoms with Gasteiger partial charge >= 0.3 is 6.18 Å². The summed E-state index contributed by atoms with van der Waals surface area (Å²) in [5.74, 6) is -0.683. The molecule has 0 spiro atoms. The van der Waals surface area contributed by atoms with Crippen molar-refractivity contribution in [3.63, 3.8) is 0 Å². The van der Waals surface area contributed by atoms with Crippen molar-refractivity contribution in [2.75, 3.05) is 5.32 Å². The highest BCUT2D eigenvalue weighted by molar-refractivity contribution is 6.06. The first-order valence-corrected chi connectivity index (χ1v) is 7.78. The Morgan fingerprint density at radius 3 is 2.50 bits per heavy atom. The van der Waals surface area contributed by atoms with Crippen molar-refractivity contribution >= 4 is 22.5 Å². The zero-order chi connectivity index (χ0) is 19.1. The van der Waals surface area contributed by atoms with Gasteiger partial charge in [0.2, 0.25) is 5.43 Å². The normalized spacial score (nSPS) is 11.6. The van der Waals surface area contributed by atoms with Crippen LogP contribution >= 0.6 is 0 Å². The summed E-state index contributed by atoms with van der Waals surface area (Å²) in [5.41, 5.74) is 0.0632. The molecule has 3 rings (SSSR count). The molecular weight excluding hydrogens is 345 g/mol. The van der Waals surface area contributed by atoms with Gasteiger partial charge in [-0.05, 0) is 37.6 Å². The first-order valence-electron chi connectivity index (χ1n) is 7.78. The van der Waals surface area contributed by atoms with Crippen LogP contribution in [0.4, 0.5) is 18.9 Å². The van der Waals surface area contributed by atoms with Crippen LogP contribution in [0.1, 0.15) is 27.0 Å². The molecule has 3 aromatic rings. The Labute approximate surface area is 146 Å². The summed E-state index contributed by atoms with van der Waals surface area (Å²) in [6, 6.07) is 8.68. The Kier molecular flexibility index (Phi) is 4.31. The molecule has 0 saturated carbocycles. The number of aromatic nitrogens is 1. The number of carbonyl (C=O) groups excluding carboxylic acids is 1. The number of rotatable bonds is 2. The van der Waals surface area contributed by atoms with Crippen molar-refractivity contribution in [2.45, 2.75) is 20.0 Å². The van der Waals surface area contributed by atoms with E-state index in [1.54, 1.807) is 6.07 Å². The molecule has 1 heterocycles. The zero-order valence-corrected chi connectivity index (χ0v) is 14.0. The Morgan fingerprint density at radius 2 is 1.85 bits per heavy atom. The lowest BCUT2D eigenvalue weighted by molar-refractivity contribution is -0.136. The predicted molar refractivity (Wildman–Crippen MR) is 93.4 cm³/mol. The molecule has 0 bridgehead atoms. The quantitative estimate of drug-likeness (QED) is 0.711. The lowest BCUT2D eigenvalue weighted by Crippen LogP contribution is -2.23. The number of hydrogen-bond acceptors (Lipinski definition) is 2. The van der Waals surface area contributed by atoms with Gasteiger partial charge in [0.1, 0.15) is 5.56 Å². The molecule has 4 nitrogen and oxygen atoms in total. The number of amides is 1. The first-order chi connectivity index (χ1) is 12.2. The van der Waals surface area contributed by atoms with E-state index in [0.717, 1.165) is 29.5 Å². The van der Waals surface area contributed by atoms with E-state index in [-0.39, 0.29) is 16.5 Å². The highest BCUT2D eigenvalue weighted by atomic mass is 19.4. The summed E-state index contributed by atoms with van der Waals surface area (Å²) in [4.78, 5) is 27.4. The highest BCUT2D eigenvalue weighted by Gasteiger charge is 2.33. The molecule has 134 valence electrons. The zero-order valence-electron chi connectivity index (χ0n) is 14.0. The van der Waals surface area contributed by atoms with Gasteiger partial charge in [0.15, 0.2) is 0 Å². The molecule has 0 aliphatic carbocycles. The smallest absolute Gasteiger partial charge is 0.360 e. The minimum absolute atomic E-state index is 0.187. The molecule has 0 atom stereocenters. The van der Waals surface area contributed by atoms with E-state index >= 15 is 0 Å². The molecule has 0 saturated heterocycles. The van der Waals surface area contributed by atoms with Gasteiger partial charge < -0.3 is 10.3 Å². The molecule has 2 aromatic carbocycles. The molecule has 7 heteroatoms. The molecule has 0 aliphatic heterocycles. The number of alkyl halides is 3. The number of hydrogen-bond donors (Lipinski definition) is 2. The Hall–Kier alpha value is -3.09. The number of carbonyl (C=O) groups is 1. The number of aryl methyl sites for hydroxylation is 2. The third kappa shape index (κ3) is 3.20. The maximum Gasteiger partial charge on any atom is 0.418 e. The van der Waals surface area contributed by atoms with Gasteiger partial charge in [0, 0.05) is 17.3 Å². The number of nitrogens with one attached hydrogen (secondary N) is 2. The molecule has 1 aromatic heterocycles. The van der Waals surface area contributed by atoms with E-state index in [2.05, 4.69) is 10.3 Å². The van der Waals surface area contributed by atoms with Crippen LogP contribution in [0.25, 0.3) is 10.9 Å². The minimum atomic E-state index is -4.61. The fourth-order valence-corrected chi connectivity index (χ4v) is 2.80. The summed E-state index contributed by atoms with van der Waals surface area (Å²) in [5, 5.41) is 2.44. The van der Waals surface area contributed by atoms with Crippen LogP contribution in [0.3, 0.4) is 0 Å². The van der Waals surface area contributed by atoms with E-state index in [0.29, 0.717) is 5.69 Å². The fraction of sp³-hybridized carbons (Fsp3) is 0.158. The summed E-state index contributed by atoms with van der Waals surface area (Å²) in [6.45, 7) is 3.72. The Morgan fingerprint density at radius 1 is 1.12 bits per heavy atom. The SMILES string of the molecule is Cc1ccc(NC(=O)c2c[nH]c3c(C(F)(F)F)cccc3c2=O)c(C)c1. The summed E-state index contributed by atoms with van der Waals surface area (Å²) in [7, 11) is 0. The second-order valence-electron chi connectivity index (χ2n) is 6.03. The largest absolute Gasteiger partial charge is 0.418 e. The molecule has 1 amide bonds. The van der Waals surface area contributed by atoms with Crippen LogP contribution in [-0.4, -0.2) is 10.9 Å².